The van der Waals surface area contributed by atoms with Crippen molar-refractivity contribution in [2.45, 2.75) is 218 Å². The van der Waals surface area contributed by atoms with Crippen LogP contribution in [0.4, 0.5) is 0 Å². The van der Waals surface area contributed by atoms with Gasteiger partial charge in [0, 0.05) is 0 Å². The van der Waals surface area contributed by atoms with Gasteiger partial charge in [-0.3, -0.25) is 0 Å². The quantitative estimate of drug-likeness (QED) is 0.110. The van der Waals surface area contributed by atoms with E-state index >= 15 is 0 Å². The van der Waals surface area contributed by atoms with Crippen LogP contribution < -0.4 is 0 Å². The van der Waals surface area contributed by atoms with E-state index in [1.165, 1.54) is 0 Å². The first kappa shape index (κ1) is 68.6. The zero-order valence-electron chi connectivity index (χ0n) is 38.8. The second-order valence-electron chi connectivity index (χ2n) is 21.4. The molecule has 0 bridgehead atoms. The number of rotatable bonds is 14. The van der Waals surface area contributed by atoms with E-state index < -0.39 is 136 Å². The average molecular weight is 1520 g/mol. The van der Waals surface area contributed by atoms with Gasteiger partial charge in [0.1, 0.15) is 0 Å². The molecule has 0 heterocycles. The monoisotopic (exact) mass is 1520 g/mol. The van der Waals surface area contributed by atoms with Gasteiger partial charge in [0.2, 0.25) is 0 Å². The molecule has 0 aromatic heterocycles. The molecule has 0 spiro atoms. The van der Waals surface area contributed by atoms with E-state index in [9.17, 15) is 54.9 Å². The van der Waals surface area contributed by atoms with Crippen LogP contribution >= 0.6 is 0 Å². The number of aliphatic hydroxyl groups is 9. The summed E-state index contributed by atoms with van der Waals surface area (Å²) in [5.74, 6) is 0. The van der Waals surface area contributed by atoms with Crippen LogP contribution in [0, 0.1) is 114 Å². The summed E-state index contributed by atoms with van der Waals surface area (Å²) in [6, 6.07) is 0. The van der Waals surface area contributed by atoms with E-state index in [4.69, 9.17) is 4.47 Å². The molecule has 0 saturated carbocycles. The summed E-state index contributed by atoms with van der Waals surface area (Å²) in [6.07, 6.45) is -3.33. The Labute approximate surface area is 386 Å². The third kappa shape index (κ3) is 42.8. The van der Waals surface area contributed by atoms with Gasteiger partial charge in [0.15, 0.2) is 0 Å². The Bertz CT molecular complexity index is 1030. The topological polar surface area (TPSA) is 294 Å². The summed E-state index contributed by atoms with van der Waals surface area (Å²) >= 11 is -11.3. The summed E-state index contributed by atoms with van der Waals surface area (Å²) in [4.78, 5) is 0. The average Bonchev–Trinajstić information content (AvgIpc) is 2.94. The van der Waals surface area contributed by atoms with Crippen LogP contribution in [0.25, 0.3) is 0 Å². The van der Waals surface area contributed by atoms with E-state index in [0.29, 0.717) is 38.5 Å². The van der Waals surface area contributed by atoms with Crippen LogP contribution in [-0.4, -0.2) is 101 Å². The van der Waals surface area contributed by atoms with Crippen molar-refractivity contribution >= 4 is 0 Å². The third-order valence-corrected chi connectivity index (χ3v) is 23.5. The zero-order valence-corrected chi connectivity index (χ0v) is 51.3. The molecule has 0 aromatic carbocycles. The van der Waals surface area contributed by atoms with Crippen LogP contribution in [0.15, 0.2) is 0 Å². The van der Waals surface area contributed by atoms with Gasteiger partial charge in [-0.2, -0.15) is 0 Å². The molecule has 348 valence electrons. The molecule has 0 fully saturated rings. The molecule has 0 aliphatic carbocycles. The second-order valence-corrected chi connectivity index (χ2v) is 35.0. The fourth-order valence-corrected chi connectivity index (χ4v) is 9.88. The maximum absolute atomic E-state index is 9.83. The van der Waals surface area contributed by atoms with Gasteiger partial charge in [-0.15, -0.1) is 0 Å². The molecule has 58 heavy (non-hydrogen) atoms. The molecule has 0 amide bonds. The molecule has 19 heteroatoms. The van der Waals surface area contributed by atoms with Crippen molar-refractivity contribution in [3.05, 3.63) is 0 Å². The van der Waals surface area contributed by atoms with Gasteiger partial charge in [-0.25, -0.2) is 0 Å². The van der Waals surface area contributed by atoms with Crippen molar-refractivity contribution in [3.63, 3.8) is 0 Å². The molecule has 6 unspecified atom stereocenters. The fourth-order valence-electron chi connectivity index (χ4n) is 4.02. The maximum atomic E-state index is 9.83. The van der Waals surface area contributed by atoms with Crippen LogP contribution in [0.3, 0.4) is 0 Å². The van der Waals surface area contributed by atoms with Gasteiger partial charge >= 0.3 is 94.2 Å². The Hall–Kier alpha value is 1.56. The van der Waals surface area contributed by atoms with Crippen molar-refractivity contribution in [1.29, 1.82) is 0 Å². The Morgan fingerprint density at radius 2 is 0.448 bits per heavy atom. The van der Waals surface area contributed by atoms with Gasteiger partial charge in [0.05, 0.1) is 54.9 Å². The Balaban J connectivity index is -0.000000216. The summed E-state index contributed by atoms with van der Waals surface area (Å²) < 4.78 is 58.4. The molecule has 0 radical (unpaired) electrons. The summed E-state index contributed by atoms with van der Waals surface area (Å²) in [6.45, 7) is 34.8. The first-order chi connectivity index (χ1) is 25.4. The first-order valence-electron chi connectivity index (χ1n) is 19.6. The Morgan fingerprint density at radius 3 is 0.500 bits per heavy atom. The van der Waals surface area contributed by atoms with Gasteiger partial charge < -0.3 is 46.0 Å². The molecular weight excluding hydrogens is 1440 g/mol. The standard InChI is InChI=1S/3C13H28O3.7O.3U/c3*1-12(2,3)10(15)7-9(14)8-11(16)13(4,5)6;;;;;;;;;;/h3*9-11,14-16H,7-8H2,1-6H3;;;;;;;;;;. The van der Waals surface area contributed by atoms with Crippen molar-refractivity contribution in [3.8, 4) is 0 Å². The van der Waals surface area contributed by atoms with Crippen molar-refractivity contribution in [1.82, 2.24) is 0 Å². The van der Waals surface area contributed by atoms with E-state index in [-0.39, 0.29) is 32.5 Å². The van der Waals surface area contributed by atoms with Gasteiger partial charge in [-0.1, -0.05) is 125 Å². The van der Waals surface area contributed by atoms with Gasteiger partial charge in [-0.05, 0) is 71.0 Å². The van der Waals surface area contributed by atoms with E-state index in [2.05, 4.69) is -0.255 Å². The van der Waals surface area contributed by atoms with Crippen LogP contribution in [0.1, 0.15) is 163 Å². The van der Waals surface area contributed by atoms with E-state index in [1.54, 1.807) is 0 Å². The predicted molar refractivity (Wildman–Crippen MR) is 204 cm³/mol. The van der Waals surface area contributed by atoms with Crippen LogP contribution in [-0.2, 0) is 13.2 Å². The normalized spacial score (nSPS) is 17.1. The summed E-state index contributed by atoms with van der Waals surface area (Å²) in [5.41, 5.74) is -1.37. The summed E-state index contributed by atoms with van der Waals surface area (Å²) in [5, 5.41) is 88.4. The SMILES string of the molecule is CC(C)(C)C(O)CC(O)CC(O)C(C)(C)C.CC(C)(C)C(O)CC(O)CC(O)C(C)(C)C.CC(C)(C)C(O)CC(O)CC(O)C(C)(C)C.[O]=[U](=[O])[O][U](=[O])=[O].[O]=[U]=[O]. The molecule has 0 rings (SSSR count). The van der Waals surface area contributed by atoms with E-state index in [1.807, 2.05) is 125 Å². The Morgan fingerprint density at radius 1 is 0.345 bits per heavy atom. The molecular formula is C39H84O16U3. The molecule has 0 saturated heterocycles. The van der Waals surface area contributed by atoms with E-state index in [0.717, 1.165) is 0 Å². The zero-order chi connectivity index (χ0) is 48.0. The Kier molecular flexibility index (Phi) is 37.2. The molecule has 16 nitrogen and oxygen atoms in total. The number of hydrogen-bond donors (Lipinski definition) is 9. The van der Waals surface area contributed by atoms with Crippen LogP contribution in [0.5, 0.6) is 0 Å². The fraction of sp³-hybridized carbons (Fsp3) is 1.00. The predicted octanol–water partition coefficient (Wildman–Crippen LogP) is 5.04. The summed E-state index contributed by atoms with van der Waals surface area (Å²) in [7, 11) is 0. The number of hydrogen-bond acceptors (Lipinski definition) is 16. The molecule has 0 aromatic rings. The molecule has 6 atom stereocenters. The second kappa shape index (κ2) is 31.4. The third-order valence-electron chi connectivity index (χ3n) is 9.14. The van der Waals surface area contributed by atoms with Crippen molar-refractivity contribution in [2.75, 3.05) is 0 Å². The van der Waals surface area contributed by atoms with Crippen LogP contribution in [0.2, 0.25) is 0 Å². The molecule has 0 aliphatic heterocycles. The number of aliphatic hydroxyl groups excluding tert-OH is 9. The minimum absolute atomic E-state index is 0.229. The first-order valence-corrected chi connectivity index (χ1v) is 33.2. The van der Waals surface area contributed by atoms with Gasteiger partial charge in [0.25, 0.3) is 0 Å². The van der Waals surface area contributed by atoms with Crippen molar-refractivity contribution < 1.29 is 140 Å². The molecule has 0 aliphatic rings. The van der Waals surface area contributed by atoms with Crippen molar-refractivity contribution in [2.24, 2.45) is 32.5 Å². The minimum atomic E-state index is -4.42. The molecule has 9 N–H and O–H groups in total.